The highest BCUT2D eigenvalue weighted by molar-refractivity contribution is 4.92. The maximum Gasteiger partial charge on any atom is 0.0247 e. The predicted molar refractivity (Wildman–Crippen MR) is 69.6 cm³/mol. The van der Waals surface area contributed by atoms with Crippen LogP contribution in [0, 0.1) is 11.8 Å². The van der Waals surface area contributed by atoms with Gasteiger partial charge in [-0.15, -0.1) is 0 Å². The van der Waals surface area contributed by atoms with Crippen molar-refractivity contribution < 1.29 is 0 Å². The molecule has 2 aliphatic rings. The van der Waals surface area contributed by atoms with Gasteiger partial charge in [-0.3, -0.25) is 4.90 Å². The van der Waals surface area contributed by atoms with Gasteiger partial charge in [0.15, 0.2) is 0 Å². The minimum atomic E-state index is 0.664. The zero-order chi connectivity index (χ0) is 11.7. The van der Waals surface area contributed by atoms with Gasteiger partial charge in [0, 0.05) is 31.2 Å². The maximum absolute atomic E-state index is 3.63. The Balaban J connectivity index is 2.00. The first kappa shape index (κ1) is 12.4. The fraction of sp³-hybridized carbons (Fsp3) is 1.00. The van der Waals surface area contributed by atoms with E-state index in [4.69, 9.17) is 0 Å². The Morgan fingerprint density at radius 1 is 1.19 bits per heavy atom. The van der Waals surface area contributed by atoms with E-state index in [0.29, 0.717) is 6.04 Å². The van der Waals surface area contributed by atoms with Gasteiger partial charge in [0.1, 0.15) is 0 Å². The molecule has 94 valence electrons. The first-order chi connectivity index (χ1) is 7.59. The number of piperazine rings is 1. The summed E-state index contributed by atoms with van der Waals surface area (Å²) in [6, 6.07) is 2.20. The molecule has 2 rings (SSSR count). The van der Waals surface area contributed by atoms with Crippen molar-refractivity contribution in [1.29, 1.82) is 0 Å². The molecule has 3 unspecified atom stereocenters. The minimum Gasteiger partial charge on any atom is -0.311 e. The summed E-state index contributed by atoms with van der Waals surface area (Å²) in [5, 5.41) is 3.63. The van der Waals surface area contributed by atoms with Crippen molar-refractivity contribution >= 4 is 0 Å². The summed E-state index contributed by atoms with van der Waals surface area (Å²) in [5.41, 5.74) is 0. The monoisotopic (exact) mass is 224 g/mol. The smallest absolute Gasteiger partial charge is 0.0247 e. The van der Waals surface area contributed by atoms with Gasteiger partial charge in [-0.05, 0) is 38.5 Å². The van der Waals surface area contributed by atoms with Gasteiger partial charge in [0.05, 0.1) is 0 Å². The second kappa shape index (κ2) is 5.05. The molecule has 2 heteroatoms. The summed E-state index contributed by atoms with van der Waals surface area (Å²) < 4.78 is 0. The van der Waals surface area contributed by atoms with E-state index in [0.717, 1.165) is 23.9 Å². The lowest BCUT2D eigenvalue weighted by Crippen LogP contribution is -2.61. The fourth-order valence-corrected chi connectivity index (χ4v) is 3.24. The van der Waals surface area contributed by atoms with Crippen molar-refractivity contribution in [3.8, 4) is 0 Å². The van der Waals surface area contributed by atoms with Crippen molar-refractivity contribution in [2.75, 3.05) is 13.1 Å². The topological polar surface area (TPSA) is 15.3 Å². The number of hydrogen-bond donors (Lipinski definition) is 1. The average Bonchev–Trinajstić information content (AvgIpc) is 2.14. The van der Waals surface area contributed by atoms with Crippen molar-refractivity contribution in [2.45, 2.75) is 65.1 Å². The number of nitrogens with one attached hydrogen (secondary N) is 1. The van der Waals surface area contributed by atoms with Crippen LogP contribution in [0.15, 0.2) is 0 Å². The second-order valence-corrected chi connectivity index (χ2v) is 6.25. The van der Waals surface area contributed by atoms with Crippen LogP contribution in [0.2, 0.25) is 0 Å². The third-order valence-electron chi connectivity index (χ3n) is 4.71. The summed E-state index contributed by atoms with van der Waals surface area (Å²) >= 11 is 0. The first-order valence-electron chi connectivity index (χ1n) is 7.08. The fourth-order valence-electron chi connectivity index (χ4n) is 3.24. The molecule has 0 aromatic rings. The third kappa shape index (κ3) is 2.43. The molecule has 0 amide bonds. The highest BCUT2D eigenvalue weighted by atomic mass is 15.3. The van der Waals surface area contributed by atoms with Crippen LogP contribution < -0.4 is 5.32 Å². The Hall–Kier alpha value is -0.0800. The van der Waals surface area contributed by atoms with Crippen LogP contribution >= 0.6 is 0 Å². The Bertz CT molecular complexity index is 223. The molecular formula is C14H28N2. The van der Waals surface area contributed by atoms with E-state index in [9.17, 15) is 0 Å². The molecule has 16 heavy (non-hydrogen) atoms. The molecule has 2 nitrogen and oxygen atoms in total. The molecule has 2 fully saturated rings. The molecule has 0 aromatic carbocycles. The lowest BCUT2D eigenvalue weighted by atomic mass is 9.78. The number of nitrogens with zero attached hydrogens (tertiary/aromatic N) is 1. The molecular weight excluding hydrogens is 196 g/mol. The Morgan fingerprint density at radius 2 is 1.88 bits per heavy atom. The van der Waals surface area contributed by atoms with Crippen molar-refractivity contribution in [2.24, 2.45) is 11.8 Å². The standard InChI is InChI=1S/C14H28N2/c1-10(2)14-8-15-11(3)9-16(14)12(4)13-6-5-7-13/h10-15H,5-9H2,1-4H3. The van der Waals surface area contributed by atoms with Gasteiger partial charge >= 0.3 is 0 Å². The first-order valence-corrected chi connectivity index (χ1v) is 7.08. The van der Waals surface area contributed by atoms with Crippen LogP contribution in [0.4, 0.5) is 0 Å². The third-order valence-corrected chi connectivity index (χ3v) is 4.71. The normalized spacial score (nSPS) is 35.1. The second-order valence-electron chi connectivity index (χ2n) is 6.25. The van der Waals surface area contributed by atoms with E-state index in [-0.39, 0.29) is 0 Å². The lowest BCUT2D eigenvalue weighted by Gasteiger charge is -2.48. The number of hydrogen-bond acceptors (Lipinski definition) is 2. The zero-order valence-corrected chi connectivity index (χ0v) is 11.4. The summed E-state index contributed by atoms with van der Waals surface area (Å²) in [6.45, 7) is 11.9. The molecule has 3 atom stereocenters. The van der Waals surface area contributed by atoms with Crippen LogP contribution in [0.5, 0.6) is 0 Å². The summed E-state index contributed by atoms with van der Waals surface area (Å²) in [7, 11) is 0. The molecule has 1 N–H and O–H groups in total. The Labute approximate surface area is 101 Å². The van der Waals surface area contributed by atoms with E-state index >= 15 is 0 Å². The minimum absolute atomic E-state index is 0.664. The molecule has 0 bridgehead atoms. The maximum atomic E-state index is 3.63. The van der Waals surface area contributed by atoms with E-state index in [1.165, 1.54) is 32.4 Å². The molecule has 0 aromatic heterocycles. The Kier molecular flexibility index (Phi) is 3.91. The van der Waals surface area contributed by atoms with E-state index in [1.54, 1.807) is 0 Å². The molecule has 1 saturated heterocycles. The van der Waals surface area contributed by atoms with E-state index in [1.807, 2.05) is 0 Å². The molecule has 0 radical (unpaired) electrons. The predicted octanol–water partition coefficient (Wildman–Crippen LogP) is 2.49. The molecule has 1 saturated carbocycles. The van der Waals surface area contributed by atoms with Crippen LogP contribution in [-0.4, -0.2) is 36.1 Å². The molecule has 1 aliphatic carbocycles. The quantitative estimate of drug-likeness (QED) is 0.792. The van der Waals surface area contributed by atoms with Crippen LogP contribution in [-0.2, 0) is 0 Å². The van der Waals surface area contributed by atoms with Crippen molar-refractivity contribution in [3.63, 3.8) is 0 Å². The van der Waals surface area contributed by atoms with Gasteiger partial charge in [0.2, 0.25) is 0 Å². The van der Waals surface area contributed by atoms with Crippen LogP contribution in [0.1, 0.15) is 47.0 Å². The van der Waals surface area contributed by atoms with Gasteiger partial charge in [-0.2, -0.15) is 0 Å². The summed E-state index contributed by atoms with van der Waals surface area (Å²) in [4.78, 5) is 2.79. The average molecular weight is 224 g/mol. The SMILES string of the molecule is CC1CN(C(C)C2CCC2)C(C(C)C)CN1. The van der Waals surface area contributed by atoms with Gasteiger partial charge < -0.3 is 5.32 Å². The Morgan fingerprint density at radius 3 is 2.38 bits per heavy atom. The molecule has 0 spiro atoms. The van der Waals surface area contributed by atoms with Gasteiger partial charge in [-0.25, -0.2) is 0 Å². The lowest BCUT2D eigenvalue weighted by molar-refractivity contribution is 0.0207. The summed E-state index contributed by atoms with van der Waals surface area (Å²) in [5.74, 6) is 1.74. The van der Waals surface area contributed by atoms with E-state index in [2.05, 4.69) is 37.9 Å². The largest absolute Gasteiger partial charge is 0.311 e. The number of rotatable bonds is 3. The summed E-state index contributed by atoms with van der Waals surface area (Å²) in [6.07, 6.45) is 4.39. The van der Waals surface area contributed by atoms with Gasteiger partial charge in [0.25, 0.3) is 0 Å². The van der Waals surface area contributed by atoms with Crippen molar-refractivity contribution in [3.05, 3.63) is 0 Å². The van der Waals surface area contributed by atoms with Gasteiger partial charge in [-0.1, -0.05) is 20.3 Å². The van der Waals surface area contributed by atoms with Crippen LogP contribution in [0.3, 0.4) is 0 Å². The van der Waals surface area contributed by atoms with Crippen molar-refractivity contribution in [1.82, 2.24) is 10.2 Å². The zero-order valence-electron chi connectivity index (χ0n) is 11.4. The highest BCUT2D eigenvalue weighted by Crippen LogP contribution is 2.34. The molecule has 1 aliphatic heterocycles. The van der Waals surface area contributed by atoms with E-state index < -0.39 is 0 Å². The molecule has 1 heterocycles. The highest BCUT2D eigenvalue weighted by Gasteiger charge is 2.36. The van der Waals surface area contributed by atoms with Crippen LogP contribution in [0.25, 0.3) is 0 Å².